The van der Waals surface area contributed by atoms with Crippen LogP contribution in [0.25, 0.3) is 0 Å². The van der Waals surface area contributed by atoms with Crippen LogP contribution >= 0.6 is 24.8 Å². The summed E-state index contributed by atoms with van der Waals surface area (Å²) in [6.45, 7) is 11.2. The summed E-state index contributed by atoms with van der Waals surface area (Å²) in [5.41, 5.74) is 4.91. The quantitative estimate of drug-likeness (QED) is 0.743. The first-order chi connectivity index (χ1) is 8.29. The predicted molar refractivity (Wildman–Crippen MR) is 86.8 cm³/mol. The number of nitrogens with two attached hydrogens (primary N) is 1. The molecule has 1 heterocycles. The van der Waals surface area contributed by atoms with Crippen LogP contribution < -0.4 is 11.1 Å². The highest BCUT2D eigenvalue weighted by Crippen LogP contribution is 2.10. The van der Waals surface area contributed by atoms with Crippen molar-refractivity contribution in [3.05, 3.63) is 0 Å². The summed E-state index contributed by atoms with van der Waals surface area (Å²) in [5.74, 6) is -0.0915. The second-order valence-corrected chi connectivity index (χ2v) is 5.85. The van der Waals surface area contributed by atoms with Crippen LogP contribution in [0.5, 0.6) is 0 Å². The number of halogens is 2. The fraction of sp³-hybridized carbons (Fsp3) is 0.923. The molecule has 3 N–H and O–H groups in total. The summed E-state index contributed by atoms with van der Waals surface area (Å²) in [6, 6.07) is 0. The fourth-order valence-corrected chi connectivity index (χ4v) is 2.20. The van der Waals surface area contributed by atoms with Crippen LogP contribution in [0.4, 0.5) is 0 Å². The van der Waals surface area contributed by atoms with Crippen LogP contribution in [0.2, 0.25) is 0 Å². The maximum atomic E-state index is 11.6. The molecule has 7 heteroatoms. The van der Waals surface area contributed by atoms with Gasteiger partial charge in [-0.2, -0.15) is 0 Å². The van der Waals surface area contributed by atoms with Gasteiger partial charge in [-0.25, -0.2) is 0 Å². The lowest BCUT2D eigenvalue weighted by molar-refractivity contribution is -0.125. The van der Waals surface area contributed by atoms with Gasteiger partial charge in [-0.1, -0.05) is 0 Å². The van der Waals surface area contributed by atoms with Gasteiger partial charge in [0, 0.05) is 26.2 Å². The minimum atomic E-state index is -0.790. The van der Waals surface area contributed by atoms with E-state index in [4.69, 9.17) is 10.5 Å². The van der Waals surface area contributed by atoms with E-state index in [1.165, 1.54) is 0 Å². The molecule has 0 radical (unpaired) electrons. The molecule has 5 nitrogen and oxygen atoms in total. The third-order valence-corrected chi connectivity index (χ3v) is 3.02. The molecule has 0 saturated carbocycles. The lowest BCUT2D eigenvalue weighted by Crippen LogP contribution is -2.50. The molecule has 0 aromatic rings. The molecule has 1 amide bonds. The van der Waals surface area contributed by atoms with Crippen LogP contribution in [0.1, 0.15) is 34.1 Å². The molecule has 2 unspecified atom stereocenters. The molecule has 1 aliphatic heterocycles. The number of nitrogens with one attached hydrogen (secondary N) is 1. The van der Waals surface area contributed by atoms with E-state index in [0.29, 0.717) is 18.8 Å². The Bertz CT molecular complexity index is 275. The molecule has 0 aliphatic carbocycles. The molecule has 2 atom stereocenters. The highest BCUT2D eigenvalue weighted by Gasteiger charge is 2.23. The van der Waals surface area contributed by atoms with Gasteiger partial charge in [0.1, 0.15) is 0 Å². The first-order valence-electron chi connectivity index (χ1n) is 6.74. The fourth-order valence-electron chi connectivity index (χ4n) is 2.20. The minimum absolute atomic E-state index is 0. The summed E-state index contributed by atoms with van der Waals surface area (Å²) < 4.78 is 5.68. The van der Waals surface area contributed by atoms with Crippen molar-refractivity contribution in [3.63, 3.8) is 0 Å². The largest absolute Gasteiger partial charge is 0.373 e. The zero-order chi connectivity index (χ0) is 13.8. The Labute approximate surface area is 134 Å². The van der Waals surface area contributed by atoms with Crippen molar-refractivity contribution in [1.82, 2.24) is 10.2 Å². The summed E-state index contributed by atoms with van der Waals surface area (Å²) in [5, 5.41) is 2.86. The van der Waals surface area contributed by atoms with Crippen molar-refractivity contribution < 1.29 is 9.53 Å². The van der Waals surface area contributed by atoms with E-state index in [2.05, 4.69) is 24.1 Å². The van der Waals surface area contributed by atoms with Crippen LogP contribution in [-0.4, -0.2) is 54.7 Å². The number of hydrogen-bond acceptors (Lipinski definition) is 4. The first kappa shape index (κ1) is 22.2. The predicted octanol–water partition coefficient (Wildman–Crippen LogP) is 1.18. The van der Waals surface area contributed by atoms with E-state index in [1.807, 2.05) is 0 Å². The van der Waals surface area contributed by atoms with Crippen LogP contribution in [0, 0.1) is 0 Å². The second kappa shape index (κ2) is 9.79. The summed E-state index contributed by atoms with van der Waals surface area (Å²) >= 11 is 0. The lowest BCUT2D eigenvalue weighted by atomic mass is 10.1. The van der Waals surface area contributed by atoms with Gasteiger partial charge in [0.15, 0.2) is 0 Å². The standard InChI is InChI=1S/C13H27N3O2.2ClH/c1-10-8-16(9-11(2)18-10)7-5-6-15-12(17)13(3,4)14;;/h10-11H,5-9,14H2,1-4H3,(H,15,17);2*1H. The third-order valence-electron chi connectivity index (χ3n) is 3.02. The van der Waals surface area contributed by atoms with E-state index < -0.39 is 5.54 Å². The minimum Gasteiger partial charge on any atom is -0.373 e. The number of rotatable bonds is 5. The lowest BCUT2D eigenvalue weighted by Gasteiger charge is -2.35. The Morgan fingerprint density at radius 3 is 2.25 bits per heavy atom. The van der Waals surface area contributed by atoms with Crippen LogP contribution in [-0.2, 0) is 9.53 Å². The Kier molecular flexibility index (Phi) is 10.9. The maximum Gasteiger partial charge on any atom is 0.239 e. The van der Waals surface area contributed by atoms with Crippen molar-refractivity contribution >= 4 is 30.7 Å². The molecule has 0 aromatic carbocycles. The monoisotopic (exact) mass is 329 g/mol. The summed E-state index contributed by atoms with van der Waals surface area (Å²) in [7, 11) is 0. The van der Waals surface area contributed by atoms with E-state index in [-0.39, 0.29) is 30.7 Å². The number of hydrogen-bond donors (Lipinski definition) is 2. The van der Waals surface area contributed by atoms with E-state index >= 15 is 0 Å². The molecular formula is C13H29Cl2N3O2. The van der Waals surface area contributed by atoms with Crippen molar-refractivity contribution in [2.24, 2.45) is 5.73 Å². The smallest absolute Gasteiger partial charge is 0.239 e. The molecule has 20 heavy (non-hydrogen) atoms. The normalized spacial score (nSPS) is 23.4. The van der Waals surface area contributed by atoms with Crippen molar-refractivity contribution in [2.45, 2.75) is 51.9 Å². The van der Waals surface area contributed by atoms with Gasteiger partial charge in [0.2, 0.25) is 5.91 Å². The molecule has 0 bridgehead atoms. The zero-order valence-corrected chi connectivity index (χ0v) is 14.5. The van der Waals surface area contributed by atoms with Gasteiger partial charge >= 0.3 is 0 Å². The molecule has 0 spiro atoms. The Morgan fingerprint density at radius 1 is 1.30 bits per heavy atom. The number of carbonyl (C=O) groups is 1. The number of amides is 1. The molecular weight excluding hydrogens is 301 g/mol. The Hall–Kier alpha value is -0.0700. The van der Waals surface area contributed by atoms with E-state index in [1.54, 1.807) is 13.8 Å². The van der Waals surface area contributed by atoms with Gasteiger partial charge in [0.05, 0.1) is 17.7 Å². The molecule has 1 aliphatic rings. The van der Waals surface area contributed by atoms with Crippen molar-refractivity contribution in [1.29, 1.82) is 0 Å². The highest BCUT2D eigenvalue weighted by molar-refractivity contribution is 5.85. The van der Waals surface area contributed by atoms with Crippen LogP contribution in [0.3, 0.4) is 0 Å². The maximum absolute atomic E-state index is 11.6. The number of ether oxygens (including phenoxy) is 1. The average Bonchev–Trinajstić information content (AvgIpc) is 2.21. The molecule has 1 fully saturated rings. The van der Waals surface area contributed by atoms with Gasteiger partial charge in [-0.3, -0.25) is 9.69 Å². The summed E-state index contributed by atoms with van der Waals surface area (Å²) in [4.78, 5) is 13.9. The molecule has 1 saturated heterocycles. The molecule has 1 rings (SSSR count). The average molecular weight is 330 g/mol. The first-order valence-corrected chi connectivity index (χ1v) is 6.74. The number of nitrogens with zero attached hydrogens (tertiary/aromatic N) is 1. The van der Waals surface area contributed by atoms with Gasteiger partial charge in [0.25, 0.3) is 0 Å². The molecule has 122 valence electrons. The summed E-state index contributed by atoms with van der Waals surface area (Å²) in [6.07, 6.45) is 1.54. The Balaban J connectivity index is 0. The van der Waals surface area contributed by atoms with Crippen molar-refractivity contribution in [3.8, 4) is 0 Å². The third kappa shape index (κ3) is 8.27. The SMILES string of the molecule is CC1CN(CCCNC(=O)C(C)(C)N)CC(C)O1.Cl.Cl. The number of carbonyl (C=O) groups excluding carboxylic acids is 1. The van der Waals surface area contributed by atoms with E-state index in [9.17, 15) is 4.79 Å². The van der Waals surface area contributed by atoms with Crippen LogP contribution in [0.15, 0.2) is 0 Å². The molecule has 0 aromatic heterocycles. The topological polar surface area (TPSA) is 67.6 Å². The zero-order valence-electron chi connectivity index (χ0n) is 12.8. The number of morpholine rings is 1. The van der Waals surface area contributed by atoms with Crippen molar-refractivity contribution in [2.75, 3.05) is 26.2 Å². The van der Waals surface area contributed by atoms with Gasteiger partial charge in [-0.05, 0) is 34.1 Å². The van der Waals surface area contributed by atoms with Gasteiger partial charge < -0.3 is 15.8 Å². The van der Waals surface area contributed by atoms with Gasteiger partial charge in [-0.15, -0.1) is 24.8 Å². The Morgan fingerprint density at radius 2 is 1.80 bits per heavy atom. The second-order valence-electron chi connectivity index (χ2n) is 5.85. The highest BCUT2D eigenvalue weighted by atomic mass is 35.5. The van der Waals surface area contributed by atoms with E-state index in [0.717, 1.165) is 26.1 Å².